The fourth-order valence-electron chi connectivity index (χ4n) is 2.64. The molecule has 1 aliphatic rings. The van der Waals surface area contributed by atoms with E-state index < -0.39 is 0 Å². The molecule has 1 heterocycles. The molecule has 4 heteroatoms. The topological polar surface area (TPSA) is 42.7 Å². The van der Waals surface area contributed by atoms with E-state index in [9.17, 15) is 0 Å². The van der Waals surface area contributed by atoms with Crippen molar-refractivity contribution in [3.8, 4) is 0 Å². The van der Waals surface area contributed by atoms with Crippen LogP contribution < -0.4 is 5.32 Å². The van der Waals surface area contributed by atoms with Gasteiger partial charge in [0.2, 0.25) is 0 Å². The molecule has 0 saturated heterocycles. The molecule has 1 saturated carbocycles. The van der Waals surface area contributed by atoms with E-state index in [0.29, 0.717) is 6.04 Å². The summed E-state index contributed by atoms with van der Waals surface area (Å²) in [7, 11) is 0. The zero-order valence-electron chi connectivity index (χ0n) is 11.9. The van der Waals surface area contributed by atoms with Crippen molar-refractivity contribution in [2.45, 2.75) is 59.0 Å². The SMILES string of the molecule is CCCn1ncnc1CC1CCC1CNC(C)C. The summed E-state index contributed by atoms with van der Waals surface area (Å²) in [5, 5.41) is 7.86. The van der Waals surface area contributed by atoms with Gasteiger partial charge in [0, 0.05) is 19.0 Å². The summed E-state index contributed by atoms with van der Waals surface area (Å²) in [6.07, 6.45) is 6.64. The first-order chi connectivity index (χ1) is 8.70. The molecule has 1 aromatic heterocycles. The zero-order valence-corrected chi connectivity index (χ0v) is 11.9. The molecular weight excluding hydrogens is 224 g/mol. The van der Waals surface area contributed by atoms with Crippen molar-refractivity contribution in [1.29, 1.82) is 0 Å². The second kappa shape index (κ2) is 6.32. The van der Waals surface area contributed by atoms with Crippen LogP contribution in [0.4, 0.5) is 0 Å². The minimum absolute atomic E-state index is 0.593. The van der Waals surface area contributed by atoms with Gasteiger partial charge in [-0.25, -0.2) is 4.98 Å². The first-order valence-electron chi connectivity index (χ1n) is 7.30. The summed E-state index contributed by atoms with van der Waals surface area (Å²) >= 11 is 0. The maximum Gasteiger partial charge on any atom is 0.138 e. The van der Waals surface area contributed by atoms with Gasteiger partial charge in [-0.1, -0.05) is 20.8 Å². The molecule has 102 valence electrons. The second-order valence-electron chi connectivity index (χ2n) is 5.76. The molecule has 0 aliphatic heterocycles. The third-order valence-electron chi connectivity index (χ3n) is 3.94. The maximum atomic E-state index is 4.42. The van der Waals surface area contributed by atoms with Crippen molar-refractivity contribution < 1.29 is 0 Å². The van der Waals surface area contributed by atoms with E-state index in [0.717, 1.165) is 37.8 Å². The first-order valence-corrected chi connectivity index (χ1v) is 7.30. The maximum absolute atomic E-state index is 4.42. The number of aromatic nitrogens is 3. The molecule has 2 unspecified atom stereocenters. The minimum Gasteiger partial charge on any atom is -0.314 e. The number of nitrogens with zero attached hydrogens (tertiary/aromatic N) is 3. The lowest BCUT2D eigenvalue weighted by Gasteiger charge is -2.37. The molecule has 1 aliphatic carbocycles. The molecule has 0 amide bonds. The smallest absolute Gasteiger partial charge is 0.138 e. The van der Waals surface area contributed by atoms with Crippen LogP contribution in [0.15, 0.2) is 6.33 Å². The lowest BCUT2D eigenvalue weighted by Crippen LogP contribution is -2.39. The van der Waals surface area contributed by atoms with E-state index >= 15 is 0 Å². The summed E-state index contributed by atoms with van der Waals surface area (Å²) < 4.78 is 2.07. The van der Waals surface area contributed by atoms with E-state index in [2.05, 4.69) is 40.9 Å². The van der Waals surface area contributed by atoms with Gasteiger partial charge >= 0.3 is 0 Å². The molecule has 2 atom stereocenters. The summed E-state index contributed by atoms with van der Waals surface area (Å²) in [4.78, 5) is 4.42. The number of nitrogens with one attached hydrogen (secondary N) is 1. The quantitative estimate of drug-likeness (QED) is 0.807. The van der Waals surface area contributed by atoms with Crippen LogP contribution in [0.5, 0.6) is 0 Å². The summed E-state index contributed by atoms with van der Waals surface area (Å²) in [6, 6.07) is 0.593. The van der Waals surface area contributed by atoms with Crippen molar-refractivity contribution in [3.05, 3.63) is 12.2 Å². The molecule has 2 rings (SSSR count). The zero-order chi connectivity index (χ0) is 13.0. The fourth-order valence-corrected chi connectivity index (χ4v) is 2.64. The van der Waals surface area contributed by atoms with E-state index in [1.807, 2.05) is 0 Å². The van der Waals surface area contributed by atoms with Gasteiger partial charge in [-0.3, -0.25) is 4.68 Å². The average Bonchev–Trinajstić information content (AvgIpc) is 2.72. The van der Waals surface area contributed by atoms with Gasteiger partial charge in [-0.05, 0) is 37.6 Å². The number of hydrogen-bond acceptors (Lipinski definition) is 3. The van der Waals surface area contributed by atoms with Crippen LogP contribution in [-0.4, -0.2) is 27.4 Å². The third kappa shape index (κ3) is 3.31. The summed E-state index contributed by atoms with van der Waals surface area (Å²) in [6.45, 7) is 8.77. The van der Waals surface area contributed by atoms with Gasteiger partial charge in [-0.2, -0.15) is 5.10 Å². The highest BCUT2D eigenvalue weighted by molar-refractivity contribution is 4.93. The van der Waals surface area contributed by atoms with E-state index in [1.54, 1.807) is 6.33 Å². The highest BCUT2D eigenvalue weighted by atomic mass is 15.3. The Kier molecular flexibility index (Phi) is 4.75. The molecule has 1 N–H and O–H groups in total. The van der Waals surface area contributed by atoms with E-state index in [-0.39, 0.29) is 0 Å². The van der Waals surface area contributed by atoms with Crippen molar-refractivity contribution >= 4 is 0 Å². The van der Waals surface area contributed by atoms with E-state index in [4.69, 9.17) is 0 Å². The monoisotopic (exact) mass is 250 g/mol. The molecular formula is C14H26N4. The van der Waals surface area contributed by atoms with Crippen LogP contribution in [0.25, 0.3) is 0 Å². The standard InChI is InChI=1S/C14H26N4/c1-4-7-18-14(16-10-17-18)8-12-5-6-13(12)9-15-11(2)3/h10-13,15H,4-9H2,1-3H3. The Bertz CT molecular complexity index is 358. The molecule has 0 spiro atoms. The third-order valence-corrected chi connectivity index (χ3v) is 3.94. The first kappa shape index (κ1) is 13.5. The highest BCUT2D eigenvalue weighted by Crippen LogP contribution is 2.36. The van der Waals surface area contributed by atoms with Crippen molar-refractivity contribution in [3.63, 3.8) is 0 Å². The highest BCUT2D eigenvalue weighted by Gasteiger charge is 2.31. The van der Waals surface area contributed by atoms with Gasteiger partial charge in [0.15, 0.2) is 0 Å². The lowest BCUT2D eigenvalue weighted by atomic mass is 9.71. The Labute approximate surface area is 110 Å². The van der Waals surface area contributed by atoms with Crippen LogP contribution >= 0.6 is 0 Å². The van der Waals surface area contributed by atoms with E-state index in [1.165, 1.54) is 18.7 Å². The van der Waals surface area contributed by atoms with Crippen LogP contribution in [-0.2, 0) is 13.0 Å². The molecule has 0 radical (unpaired) electrons. The molecule has 4 nitrogen and oxygen atoms in total. The number of rotatable bonds is 7. The second-order valence-corrected chi connectivity index (χ2v) is 5.76. The van der Waals surface area contributed by atoms with Crippen LogP contribution in [0.2, 0.25) is 0 Å². The van der Waals surface area contributed by atoms with Gasteiger partial charge in [-0.15, -0.1) is 0 Å². The Morgan fingerprint density at radius 2 is 2.17 bits per heavy atom. The summed E-state index contributed by atoms with van der Waals surface area (Å²) in [5.74, 6) is 2.81. The van der Waals surface area contributed by atoms with Crippen molar-refractivity contribution in [2.75, 3.05) is 6.54 Å². The Balaban J connectivity index is 1.83. The largest absolute Gasteiger partial charge is 0.314 e. The number of aryl methyl sites for hydroxylation is 1. The molecule has 0 aromatic carbocycles. The van der Waals surface area contributed by atoms with Gasteiger partial charge in [0.1, 0.15) is 12.2 Å². The minimum atomic E-state index is 0.593. The molecule has 1 aromatic rings. The average molecular weight is 250 g/mol. The summed E-state index contributed by atoms with van der Waals surface area (Å²) in [5.41, 5.74) is 0. The van der Waals surface area contributed by atoms with Crippen LogP contribution in [0.3, 0.4) is 0 Å². The predicted molar refractivity (Wildman–Crippen MR) is 73.4 cm³/mol. The predicted octanol–water partition coefficient (Wildman–Crippen LogP) is 2.25. The molecule has 1 fully saturated rings. The molecule has 0 bridgehead atoms. The van der Waals surface area contributed by atoms with Gasteiger partial charge < -0.3 is 5.32 Å². The Hall–Kier alpha value is -0.900. The van der Waals surface area contributed by atoms with Crippen molar-refractivity contribution in [2.24, 2.45) is 11.8 Å². The fraction of sp³-hybridized carbons (Fsp3) is 0.857. The van der Waals surface area contributed by atoms with Gasteiger partial charge in [0.25, 0.3) is 0 Å². The van der Waals surface area contributed by atoms with Gasteiger partial charge in [0.05, 0.1) is 0 Å². The molecule has 18 heavy (non-hydrogen) atoms. The lowest BCUT2D eigenvalue weighted by molar-refractivity contribution is 0.163. The van der Waals surface area contributed by atoms with Crippen LogP contribution in [0, 0.1) is 11.8 Å². The Morgan fingerprint density at radius 3 is 2.78 bits per heavy atom. The Morgan fingerprint density at radius 1 is 1.39 bits per heavy atom. The number of hydrogen-bond donors (Lipinski definition) is 1. The van der Waals surface area contributed by atoms with Crippen LogP contribution in [0.1, 0.15) is 45.9 Å². The van der Waals surface area contributed by atoms with Crippen molar-refractivity contribution in [1.82, 2.24) is 20.1 Å². The normalized spacial score (nSPS) is 23.3.